The fraction of sp³-hybridized carbons (Fsp3) is 0.450. The molecule has 1 aromatic carbocycles. The topological polar surface area (TPSA) is 38.3 Å². The van der Waals surface area contributed by atoms with Gasteiger partial charge in [-0.3, -0.25) is 4.79 Å². The van der Waals surface area contributed by atoms with Crippen molar-refractivity contribution < 1.29 is 9.53 Å². The quantitative estimate of drug-likeness (QED) is 0.607. The van der Waals surface area contributed by atoms with E-state index >= 15 is 0 Å². The van der Waals surface area contributed by atoms with Crippen LogP contribution in [0.1, 0.15) is 52.0 Å². The highest BCUT2D eigenvalue weighted by atomic mass is 16.5. The van der Waals surface area contributed by atoms with E-state index in [1.807, 2.05) is 32.0 Å². The van der Waals surface area contributed by atoms with Gasteiger partial charge >= 0.3 is 0 Å². The van der Waals surface area contributed by atoms with Crippen molar-refractivity contribution in [2.24, 2.45) is 0 Å². The number of hydrogen-bond acceptors (Lipinski definition) is 2. The van der Waals surface area contributed by atoms with Crippen molar-refractivity contribution >= 4 is 5.91 Å². The van der Waals surface area contributed by atoms with E-state index in [0.29, 0.717) is 13.0 Å². The average Bonchev–Trinajstić information content (AvgIpc) is 2.60. The molecular formula is C20H29NO2. The first-order valence-corrected chi connectivity index (χ1v) is 8.58. The Bertz CT molecular complexity index is 518. The summed E-state index contributed by atoms with van der Waals surface area (Å²) in [6, 6.07) is 10.2. The van der Waals surface area contributed by atoms with Crippen LogP contribution in [0.3, 0.4) is 0 Å². The molecule has 1 aliphatic heterocycles. The fourth-order valence-electron chi connectivity index (χ4n) is 2.32. The molecule has 1 amide bonds. The van der Waals surface area contributed by atoms with Crippen molar-refractivity contribution in [1.29, 1.82) is 0 Å². The van der Waals surface area contributed by atoms with Gasteiger partial charge in [-0.1, -0.05) is 62.8 Å². The predicted molar refractivity (Wildman–Crippen MR) is 95.9 cm³/mol. The Morgan fingerprint density at radius 2 is 2.00 bits per heavy atom. The van der Waals surface area contributed by atoms with E-state index in [-0.39, 0.29) is 5.91 Å². The number of carbonyl (C=O) groups is 1. The van der Waals surface area contributed by atoms with Gasteiger partial charge in [0.2, 0.25) is 5.91 Å². The van der Waals surface area contributed by atoms with Crippen molar-refractivity contribution in [3.05, 3.63) is 59.4 Å². The normalized spacial score (nSPS) is 16.4. The third kappa shape index (κ3) is 7.68. The Labute approximate surface area is 140 Å². The molecule has 1 fully saturated rings. The molecule has 126 valence electrons. The fourth-order valence-corrected chi connectivity index (χ4v) is 2.32. The van der Waals surface area contributed by atoms with Crippen LogP contribution in [0.25, 0.3) is 0 Å². The van der Waals surface area contributed by atoms with Crippen LogP contribution in [0.5, 0.6) is 0 Å². The summed E-state index contributed by atoms with van der Waals surface area (Å²) in [5.41, 5.74) is 2.38. The van der Waals surface area contributed by atoms with Crippen LogP contribution in [0, 0.1) is 0 Å². The number of piperidine rings is 1. The first kappa shape index (κ1) is 19.0. The second-order valence-electron chi connectivity index (χ2n) is 5.20. The van der Waals surface area contributed by atoms with Crippen LogP contribution >= 0.6 is 0 Å². The van der Waals surface area contributed by atoms with Crippen molar-refractivity contribution in [2.75, 3.05) is 6.54 Å². The van der Waals surface area contributed by atoms with Crippen LogP contribution in [0.4, 0.5) is 0 Å². The summed E-state index contributed by atoms with van der Waals surface area (Å²) in [6.07, 6.45) is 7.45. The molecule has 3 nitrogen and oxygen atoms in total. The number of carbonyl (C=O) groups excluding carboxylic acids is 1. The molecule has 0 bridgehead atoms. The van der Waals surface area contributed by atoms with E-state index < -0.39 is 0 Å². The zero-order valence-electron chi connectivity index (χ0n) is 14.6. The smallest absolute Gasteiger partial charge is 0.224 e. The van der Waals surface area contributed by atoms with Gasteiger partial charge in [0.25, 0.3) is 0 Å². The highest BCUT2D eigenvalue weighted by molar-refractivity contribution is 5.79. The maximum absolute atomic E-state index is 11.4. The van der Waals surface area contributed by atoms with E-state index in [4.69, 9.17) is 4.74 Å². The van der Waals surface area contributed by atoms with E-state index in [2.05, 4.69) is 36.5 Å². The molecule has 1 aromatic rings. The minimum Gasteiger partial charge on any atom is -0.493 e. The van der Waals surface area contributed by atoms with Crippen LogP contribution in [-0.4, -0.2) is 12.5 Å². The van der Waals surface area contributed by atoms with Gasteiger partial charge in [0, 0.05) is 19.4 Å². The first-order chi connectivity index (χ1) is 11.3. The molecule has 0 spiro atoms. The van der Waals surface area contributed by atoms with Crippen LogP contribution in [-0.2, 0) is 16.1 Å². The number of nitrogens with one attached hydrogen (secondary N) is 1. The predicted octanol–water partition coefficient (Wildman–Crippen LogP) is 4.75. The Balaban J connectivity index is 0.00000127. The molecule has 0 atom stereocenters. The lowest BCUT2D eigenvalue weighted by Gasteiger charge is -2.15. The van der Waals surface area contributed by atoms with E-state index in [0.717, 1.165) is 31.6 Å². The standard InChI is InChI=1S/C18H23NO2.C2H6/c1-2-6-17(21-14-16-7-4-3-5-8-16)10-9-15-11-12-19-18(20)13-15;1-2/h3-9H,2,10-14H2,1H3,(H,19,20);1-2H3/b15-9-,17-6+;. The van der Waals surface area contributed by atoms with E-state index in [9.17, 15) is 4.79 Å². The first-order valence-electron chi connectivity index (χ1n) is 8.58. The second kappa shape index (κ2) is 11.5. The number of benzene rings is 1. The molecule has 0 aromatic heterocycles. The number of amides is 1. The highest BCUT2D eigenvalue weighted by Crippen LogP contribution is 2.16. The summed E-state index contributed by atoms with van der Waals surface area (Å²) in [5, 5.41) is 2.85. The summed E-state index contributed by atoms with van der Waals surface area (Å²) in [6.45, 7) is 7.45. The Morgan fingerprint density at radius 3 is 2.65 bits per heavy atom. The molecule has 2 rings (SSSR count). The molecule has 0 aliphatic carbocycles. The Hall–Kier alpha value is -2.03. The summed E-state index contributed by atoms with van der Waals surface area (Å²) >= 11 is 0. The highest BCUT2D eigenvalue weighted by Gasteiger charge is 2.11. The zero-order valence-corrected chi connectivity index (χ0v) is 14.6. The Morgan fingerprint density at radius 1 is 1.26 bits per heavy atom. The monoisotopic (exact) mass is 315 g/mol. The molecule has 3 heteroatoms. The van der Waals surface area contributed by atoms with Gasteiger partial charge in [-0.15, -0.1) is 0 Å². The number of rotatable bonds is 6. The van der Waals surface area contributed by atoms with E-state index in [1.165, 1.54) is 11.1 Å². The van der Waals surface area contributed by atoms with Crippen LogP contribution in [0.15, 0.2) is 53.8 Å². The lowest BCUT2D eigenvalue weighted by Crippen LogP contribution is -2.29. The largest absolute Gasteiger partial charge is 0.493 e. The average molecular weight is 315 g/mol. The molecular weight excluding hydrogens is 286 g/mol. The molecule has 0 radical (unpaired) electrons. The molecule has 1 N–H and O–H groups in total. The molecule has 1 aliphatic rings. The zero-order chi connectivity index (χ0) is 16.9. The summed E-state index contributed by atoms with van der Waals surface area (Å²) in [4.78, 5) is 11.4. The number of allylic oxidation sites excluding steroid dienone is 2. The van der Waals surface area contributed by atoms with Crippen LogP contribution in [0.2, 0.25) is 0 Å². The van der Waals surface area contributed by atoms with Crippen molar-refractivity contribution in [3.8, 4) is 0 Å². The minimum atomic E-state index is 0.124. The number of hydrogen-bond donors (Lipinski definition) is 1. The van der Waals surface area contributed by atoms with Crippen molar-refractivity contribution in [1.82, 2.24) is 5.32 Å². The summed E-state index contributed by atoms with van der Waals surface area (Å²) < 4.78 is 5.90. The van der Waals surface area contributed by atoms with Crippen molar-refractivity contribution in [3.63, 3.8) is 0 Å². The van der Waals surface area contributed by atoms with Gasteiger partial charge in [-0.2, -0.15) is 0 Å². The molecule has 0 unspecified atom stereocenters. The minimum absolute atomic E-state index is 0.124. The summed E-state index contributed by atoms with van der Waals surface area (Å²) in [5.74, 6) is 1.11. The maximum atomic E-state index is 11.4. The van der Waals surface area contributed by atoms with Crippen LogP contribution < -0.4 is 5.32 Å². The third-order valence-electron chi connectivity index (χ3n) is 3.45. The van der Waals surface area contributed by atoms with Gasteiger partial charge in [-0.05, 0) is 24.5 Å². The Kier molecular flexibility index (Phi) is 9.53. The SMILES string of the molecule is CC.CC/C=C(\C/C=C1/CCNC(=O)C1)OCc1ccccc1. The van der Waals surface area contributed by atoms with E-state index in [1.54, 1.807) is 0 Å². The lowest BCUT2D eigenvalue weighted by atomic mass is 10.0. The number of ether oxygens (including phenoxy) is 1. The second-order valence-corrected chi connectivity index (χ2v) is 5.20. The summed E-state index contributed by atoms with van der Waals surface area (Å²) in [7, 11) is 0. The molecule has 1 heterocycles. The van der Waals surface area contributed by atoms with Crippen molar-refractivity contribution in [2.45, 2.75) is 53.1 Å². The maximum Gasteiger partial charge on any atom is 0.224 e. The third-order valence-corrected chi connectivity index (χ3v) is 3.45. The van der Waals surface area contributed by atoms with Gasteiger partial charge < -0.3 is 10.1 Å². The van der Waals surface area contributed by atoms with Gasteiger partial charge in [0.05, 0.1) is 5.76 Å². The molecule has 0 saturated carbocycles. The van der Waals surface area contributed by atoms with Gasteiger partial charge in [0.1, 0.15) is 6.61 Å². The lowest BCUT2D eigenvalue weighted by molar-refractivity contribution is -0.121. The molecule has 1 saturated heterocycles. The van der Waals surface area contributed by atoms with Gasteiger partial charge in [-0.25, -0.2) is 0 Å². The molecule has 23 heavy (non-hydrogen) atoms. The van der Waals surface area contributed by atoms with Gasteiger partial charge in [0.15, 0.2) is 0 Å².